The molecule has 2 aromatic carbocycles. The maximum absolute atomic E-state index is 12.3. The molecule has 3 N–H and O–H groups in total. The molecule has 1 aliphatic carbocycles. The van der Waals surface area contributed by atoms with E-state index in [1.165, 1.54) is 12.1 Å². The molecule has 0 spiro atoms. The standard InChI is InChI=1S/C17H18N2O4S/c1-24(22,23)15-9-5-4-8-13(15)18-17(21)19-16-12-7-3-2-6-11(12)10-14(16)20/h2-9,14,16,20H,10H2,1H3,(H2,18,19,21)/t14-,16+/m0/s1. The van der Waals surface area contributed by atoms with Crippen LogP contribution in [0.1, 0.15) is 17.2 Å². The maximum atomic E-state index is 12.3. The van der Waals surface area contributed by atoms with Gasteiger partial charge in [0.05, 0.1) is 22.7 Å². The highest BCUT2D eigenvalue weighted by atomic mass is 32.2. The van der Waals surface area contributed by atoms with Crippen molar-refractivity contribution in [2.45, 2.75) is 23.5 Å². The molecule has 7 heteroatoms. The number of aliphatic hydroxyl groups is 1. The van der Waals surface area contributed by atoms with Crippen molar-refractivity contribution in [2.24, 2.45) is 0 Å². The topological polar surface area (TPSA) is 95.5 Å². The largest absolute Gasteiger partial charge is 0.390 e. The number of para-hydroxylation sites is 1. The first kappa shape index (κ1) is 16.5. The number of hydrogen-bond donors (Lipinski definition) is 3. The lowest BCUT2D eigenvalue weighted by atomic mass is 10.1. The van der Waals surface area contributed by atoms with Gasteiger partial charge in [-0.1, -0.05) is 36.4 Å². The van der Waals surface area contributed by atoms with E-state index in [2.05, 4.69) is 10.6 Å². The van der Waals surface area contributed by atoms with Gasteiger partial charge in [0, 0.05) is 12.7 Å². The number of sulfone groups is 1. The van der Waals surface area contributed by atoms with Crippen LogP contribution in [0, 0.1) is 0 Å². The average molecular weight is 346 g/mol. The second-order valence-corrected chi connectivity index (χ2v) is 7.80. The first-order valence-corrected chi connectivity index (χ1v) is 9.38. The Morgan fingerprint density at radius 3 is 2.54 bits per heavy atom. The molecular formula is C17H18N2O4S. The highest BCUT2D eigenvalue weighted by Crippen LogP contribution is 2.31. The first-order chi connectivity index (χ1) is 11.4. The molecule has 2 atom stereocenters. The Kier molecular flexibility index (Phi) is 4.29. The Morgan fingerprint density at radius 1 is 1.12 bits per heavy atom. The number of anilines is 1. The summed E-state index contributed by atoms with van der Waals surface area (Å²) in [6, 6.07) is 12.6. The van der Waals surface area contributed by atoms with Crippen LogP contribution in [0.15, 0.2) is 53.4 Å². The van der Waals surface area contributed by atoms with Gasteiger partial charge in [0.15, 0.2) is 9.84 Å². The highest BCUT2D eigenvalue weighted by molar-refractivity contribution is 7.90. The Morgan fingerprint density at radius 2 is 1.79 bits per heavy atom. The highest BCUT2D eigenvalue weighted by Gasteiger charge is 2.32. The zero-order valence-corrected chi connectivity index (χ0v) is 13.9. The monoisotopic (exact) mass is 346 g/mol. The van der Waals surface area contributed by atoms with Gasteiger partial charge in [0.2, 0.25) is 0 Å². The summed E-state index contributed by atoms with van der Waals surface area (Å²) in [5, 5.41) is 15.4. The summed E-state index contributed by atoms with van der Waals surface area (Å²) in [6.45, 7) is 0. The number of carbonyl (C=O) groups is 1. The Balaban J connectivity index is 1.78. The van der Waals surface area contributed by atoms with Gasteiger partial charge < -0.3 is 15.7 Å². The molecule has 0 radical (unpaired) electrons. The molecule has 2 aromatic rings. The lowest BCUT2D eigenvalue weighted by Gasteiger charge is -2.19. The minimum atomic E-state index is -3.46. The van der Waals surface area contributed by atoms with Crippen molar-refractivity contribution in [1.82, 2.24) is 5.32 Å². The van der Waals surface area contributed by atoms with Crippen LogP contribution < -0.4 is 10.6 Å². The van der Waals surface area contributed by atoms with Crippen molar-refractivity contribution >= 4 is 21.6 Å². The van der Waals surface area contributed by atoms with Gasteiger partial charge in [-0.15, -0.1) is 0 Å². The molecule has 126 valence electrons. The van der Waals surface area contributed by atoms with Crippen LogP contribution in [-0.2, 0) is 16.3 Å². The number of carbonyl (C=O) groups excluding carboxylic acids is 1. The third-order valence-electron chi connectivity index (χ3n) is 4.03. The van der Waals surface area contributed by atoms with Gasteiger partial charge in [-0.25, -0.2) is 13.2 Å². The number of benzene rings is 2. The van der Waals surface area contributed by atoms with Gasteiger partial charge in [-0.2, -0.15) is 0 Å². The fourth-order valence-corrected chi connectivity index (χ4v) is 3.79. The third kappa shape index (κ3) is 3.27. The predicted octanol–water partition coefficient (Wildman–Crippen LogP) is 1.87. The molecule has 3 rings (SSSR count). The van der Waals surface area contributed by atoms with Crippen LogP contribution in [0.25, 0.3) is 0 Å². The molecule has 0 aliphatic heterocycles. The van der Waals surface area contributed by atoms with E-state index >= 15 is 0 Å². The minimum absolute atomic E-state index is 0.0486. The lowest BCUT2D eigenvalue weighted by molar-refractivity contribution is 0.144. The quantitative estimate of drug-likeness (QED) is 0.790. The van der Waals surface area contributed by atoms with Crippen molar-refractivity contribution in [2.75, 3.05) is 11.6 Å². The van der Waals surface area contributed by atoms with E-state index in [0.717, 1.165) is 17.4 Å². The molecule has 24 heavy (non-hydrogen) atoms. The van der Waals surface area contributed by atoms with Gasteiger partial charge >= 0.3 is 6.03 Å². The third-order valence-corrected chi connectivity index (χ3v) is 5.18. The van der Waals surface area contributed by atoms with E-state index in [0.29, 0.717) is 6.42 Å². The summed E-state index contributed by atoms with van der Waals surface area (Å²) < 4.78 is 23.6. The fourth-order valence-electron chi connectivity index (χ4n) is 2.94. The lowest BCUT2D eigenvalue weighted by Crippen LogP contribution is -2.37. The maximum Gasteiger partial charge on any atom is 0.319 e. The predicted molar refractivity (Wildman–Crippen MR) is 90.6 cm³/mol. The number of urea groups is 1. The summed E-state index contributed by atoms with van der Waals surface area (Å²) in [5.41, 5.74) is 2.07. The van der Waals surface area contributed by atoms with E-state index in [9.17, 15) is 18.3 Å². The number of aliphatic hydroxyl groups excluding tert-OH is 1. The zero-order chi connectivity index (χ0) is 17.3. The van der Waals surface area contributed by atoms with Gasteiger partial charge in [0.1, 0.15) is 0 Å². The number of amides is 2. The van der Waals surface area contributed by atoms with Crippen LogP contribution in [0.4, 0.5) is 10.5 Å². The van der Waals surface area contributed by atoms with Gasteiger partial charge in [0.25, 0.3) is 0 Å². The van der Waals surface area contributed by atoms with E-state index in [1.54, 1.807) is 12.1 Å². The molecule has 6 nitrogen and oxygen atoms in total. The molecule has 0 saturated heterocycles. The summed E-state index contributed by atoms with van der Waals surface area (Å²) >= 11 is 0. The average Bonchev–Trinajstić information content (AvgIpc) is 2.83. The van der Waals surface area contributed by atoms with Crippen LogP contribution in [0.2, 0.25) is 0 Å². The molecule has 2 amide bonds. The van der Waals surface area contributed by atoms with Gasteiger partial charge in [-0.3, -0.25) is 0 Å². The van der Waals surface area contributed by atoms with E-state index in [1.807, 2.05) is 24.3 Å². The second-order valence-electron chi connectivity index (χ2n) is 5.81. The molecule has 0 fully saturated rings. The zero-order valence-electron chi connectivity index (χ0n) is 13.1. The minimum Gasteiger partial charge on any atom is -0.390 e. The van der Waals surface area contributed by atoms with Crippen molar-refractivity contribution < 1.29 is 18.3 Å². The summed E-state index contributed by atoms with van der Waals surface area (Å²) in [5.74, 6) is 0. The Bertz CT molecular complexity index is 880. The molecule has 0 bridgehead atoms. The molecule has 0 saturated carbocycles. The molecule has 0 unspecified atom stereocenters. The molecule has 1 aliphatic rings. The summed E-state index contributed by atoms with van der Waals surface area (Å²) in [4.78, 5) is 12.3. The van der Waals surface area contributed by atoms with Gasteiger partial charge in [-0.05, 0) is 23.3 Å². The first-order valence-electron chi connectivity index (χ1n) is 7.49. The van der Waals surface area contributed by atoms with E-state index in [-0.39, 0.29) is 10.6 Å². The SMILES string of the molecule is CS(=O)(=O)c1ccccc1NC(=O)N[C@@H]1c2ccccc2C[C@@H]1O. The van der Waals surface area contributed by atoms with Crippen molar-refractivity contribution in [3.8, 4) is 0 Å². The van der Waals surface area contributed by atoms with Crippen molar-refractivity contribution in [3.63, 3.8) is 0 Å². The number of fused-ring (bicyclic) bond motifs is 1. The summed E-state index contributed by atoms with van der Waals surface area (Å²) in [6.07, 6.45) is 0.849. The number of nitrogens with one attached hydrogen (secondary N) is 2. The molecule has 0 heterocycles. The molecule has 0 aromatic heterocycles. The van der Waals surface area contributed by atoms with Crippen LogP contribution in [0.5, 0.6) is 0 Å². The van der Waals surface area contributed by atoms with Crippen LogP contribution >= 0.6 is 0 Å². The normalized spacial score (nSPS) is 19.6. The fraction of sp³-hybridized carbons (Fsp3) is 0.235. The second kappa shape index (κ2) is 6.26. The van der Waals surface area contributed by atoms with Crippen LogP contribution in [-0.4, -0.2) is 31.9 Å². The van der Waals surface area contributed by atoms with Crippen LogP contribution in [0.3, 0.4) is 0 Å². The van der Waals surface area contributed by atoms with E-state index < -0.39 is 28.0 Å². The van der Waals surface area contributed by atoms with Crippen molar-refractivity contribution in [1.29, 1.82) is 0 Å². The Labute approximate surface area is 140 Å². The summed E-state index contributed by atoms with van der Waals surface area (Å²) in [7, 11) is -3.46. The Hall–Kier alpha value is -2.38. The number of hydrogen-bond acceptors (Lipinski definition) is 4. The van der Waals surface area contributed by atoms with E-state index in [4.69, 9.17) is 0 Å². The smallest absolute Gasteiger partial charge is 0.319 e. The number of rotatable bonds is 3. The molecular weight excluding hydrogens is 328 g/mol. The van der Waals surface area contributed by atoms with Crippen molar-refractivity contribution in [3.05, 3.63) is 59.7 Å².